The lowest BCUT2D eigenvalue weighted by Gasteiger charge is -1.99. The molecule has 0 aliphatic rings. The maximum atomic E-state index is 11.3. The molecule has 1 amide bonds. The quantitative estimate of drug-likeness (QED) is 0.263. The molecule has 0 unspecified atom stereocenters. The molecule has 0 saturated carbocycles. The Bertz CT molecular complexity index is 421. The highest BCUT2D eigenvalue weighted by Crippen LogP contribution is 2.00. The zero-order valence-corrected chi connectivity index (χ0v) is 9.41. The summed E-state index contributed by atoms with van der Waals surface area (Å²) in [6.45, 7) is 0.913. The highest BCUT2D eigenvalue weighted by molar-refractivity contribution is 5.91. The summed E-state index contributed by atoms with van der Waals surface area (Å²) in [5, 5.41) is 6.08. The molecule has 0 aromatic heterocycles. The molecule has 0 aliphatic carbocycles. The van der Waals surface area contributed by atoms with Gasteiger partial charge in [-0.25, -0.2) is 0 Å². The third kappa shape index (κ3) is 6.02. The lowest BCUT2D eigenvalue weighted by Crippen LogP contribution is -2.22. The van der Waals surface area contributed by atoms with Gasteiger partial charge in [0, 0.05) is 24.1 Å². The molecule has 0 fully saturated rings. The van der Waals surface area contributed by atoms with E-state index in [4.69, 9.17) is 5.53 Å². The van der Waals surface area contributed by atoms with Crippen molar-refractivity contribution >= 4 is 12.0 Å². The van der Waals surface area contributed by atoms with Crippen molar-refractivity contribution in [2.24, 2.45) is 5.11 Å². The Hall–Kier alpha value is -2.26. The normalized spacial score (nSPS) is 9.88. The average Bonchev–Trinajstić information content (AvgIpc) is 2.37. The molecule has 0 bridgehead atoms. The number of nitrogens with one attached hydrogen (secondary N) is 1. The summed E-state index contributed by atoms with van der Waals surface area (Å²) in [4.78, 5) is 14.0. The van der Waals surface area contributed by atoms with Gasteiger partial charge in [0.1, 0.15) is 0 Å². The second-order valence-corrected chi connectivity index (χ2v) is 3.34. The van der Waals surface area contributed by atoms with Gasteiger partial charge in [0.2, 0.25) is 5.91 Å². The number of azide groups is 1. The van der Waals surface area contributed by atoms with Crippen molar-refractivity contribution in [2.75, 3.05) is 13.1 Å². The molecule has 1 aromatic rings. The molecular weight excluding hydrogens is 216 g/mol. The highest BCUT2D eigenvalue weighted by Gasteiger charge is 1.93. The van der Waals surface area contributed by atoms with E-state index in [1.165, 1.54) is 6.08 Å². The summed E-state index contributed by atoms with van der Waals surface area (Å²) in [6, 6.07) is 9.60. The summed E-state index contributed by atoms with van der Waals surface area (Å²) in [5.41, 5.74) is 9.03. The molecule has 0 heterocycles. The Balaban J connectivity index is 2.25. The number of nitrogens with zero attached hydrogens (tertiary/aromatic N) is 3. The van der Waals surface area contributed by atoms with Crippen LogP contribution < -0.4 is 5.32 Å². The van der Waals surface area contributed by atoms with Crippen LogP contribution in [0.25, 0.3) is 16.5 Å². The maximum Gasteiger partial charge on any atom is 0.243 e. The Morgan fingerprint density at radius 2 is 2.18 bits per heavy atom. The van der Waals surface area contributed by atoms with E-state index in [1.807, 2.05) is 30.3 Å². The van der Waals surface area contributed by atoms with Crippen LogP contribution in [0.4, 0.5) is 0 Å². The number of rotatable bonds is 6. The van der Waals surface area contributed by atoms with Gasteiger partial charge in [-0.15, -0.1) is 0 Å². The van der Waals surface area contributed by atoms with Crippen molar-refractivity contribution in [1.82, 2.24) is 5.32 Å². The zero-order chi connectivity index (χ0) is 12.3. The summed E-state index contributed by atoms with van der Waals surface area (Å²) >= 11 is 0. The van der Waals surface area contributed by atoms with Gasteiger partial charge in [0.25, 0.3) is 0 Å². The lowest BCUT2D eigenvalue weighted by atomic mass is 10.2. The molecule has 0 saturated heterocycles. The first-order chi connectivity index (χ1) is 8.33. The fraction of sp³-hybridized carbons (Fsp3) is 0.250. The predicted molar refractivity (Wildman–Crippen MR) is 67.1 cm³/mol. The largest absolute Gasteiger partial charge is 0.353 e. The van der Waals surface area contributed by atoms with Gasteiger partial charge in [-0.1, -0.05) is 35.4 Å². The Morgan fingerprint density at radius 3 is 2.88 bits per heavy atom. The first-order valence-corrected chi connectivity index (χ1v) is 5.35. The number of carbonyl (C=O) groups is 1. The molecule has 88 valence electrons. The molecular formula is C12H14N4O. The van der Waals surface area contributed by atoms with Crippen molar-refractivity contribution in [3.05, 3.63) is 52.4 Å². The summed E-state index contributed by atoms with van der Waals surface area (Å²) in [7, 11) is 0. The van der Waals surface area contributed by atoms with Crippen molar-refractivity contribution in [1.29, 1.82) is 0 Å². The molecule has 0 spiro atoms. The molecule has 5 heteroatoms. The van der Waals surface area contributed by atoms with E-state index in [-0.39, 0.29) is 5.91 Å². The average molecular weight is 230 g/mol. The van der Waals surface area contributed by atoms with E-state index in [0.717, 1.165) is 5.56 Å². The van der Waals surface area contributed by atoms with E-state index in [2.05, 4.69) is 15.3 Å². The highest BCUT2D eigenvalue weighted by atomic mass is 16.1. The maximum absolute atomic E-state index is 11.3. The Kier molecular flexibility index (Phi) is 6.00. The minimum absolute atomic E-state index is 0.144. The van der Waals surface area contributed by atoms with E-state index >= 15 is 0 Å². The summed E-state index contributed by atoms with van der Waals surface area (Å²) in [5.74, 6) is -0.144. The van der Waals surface area contributed by atoms with Crippen LogP contribution in [-0.4, -0.2) is 19.0 Å². The smallest absolute Gasteiger partial charge is 0.243 e. The van der Waals surface area contributed by atoms with Crippen molar-refractivity contribution in [2.45, 2.75) is 6.42 Å². The van der Waals surface area contributed by atoms with Crippen molar-refractivity contribution in [3.8, 4) is 0 Å². The second kappa shape index (κ2) is 7.96. The number of carbonyl (C=O) groups excluding carboxylic acids is 1. The minimum Gasteiger partial charge on any atom is -0.353 e. The van der Waals surface area contributed by atoms with Crippen LogP contribution in [0.3, 0.4) is 0 Å². The van der Waals surface area contributed by atoms with Crippen LogP contribution >= 0.6 is 0 Å². The van der Waals surface area contributed by atoms with Gasteiger partial charge >= 0.3 is 0 Å². The standard InChI is InChI=1S/C12H14N4O/c13-16-15-10-4-9-14-12(17)8-7-11-5-2-1-3-6-11/h1-3,5-8H,4,9-10H2,(H,14,17). The SMILES string of the molecule is [N-]=[N+]=NCCCNC(=O)C=Cc1ccccc1. The fourth-order valence-corrected chi connectivity index (χ4v) is 1.20. The van der Waals surface area contributed by atoms with E-state index < -0.39 is 0 Å². The van der Waals surface area contributed by atoms with Gasteiger partial charge in [-0.3, -0.25) is 4.79 Å². The molecule has 5 nitrogen and oxygen atoms in total. The van der Waals surface area contributed by atoms with Gasteiger partial charge in [0.05, 0.1) is 0 Å². The monoisotopic (exact) mass is 230 g/mol. The first-order valence-electron chi connectivity index (χ1n) is 5.35. The van der Waals surface area contributed by atoms with Gasteiger partial charge in [0.15, 0.2) is 0 Å². The molecule has 0 radical (unpaired) electrons. The van der Waals surface area contributed by atoms with Gasteiger partial charge in [-0.2, -0.15) is 0 Å². The van der Waals surface area contributed by atoms with Gasteiger partial charge in [-0.05, 0) is 23.6 Å². The van der Waals surface area contributed by atoms with Crippen LogP contribution in [0.15, 0.2) is 41.5 Å². The fourth-order valence-electron chi connectivity index (χ4n) is 1.20. The van der Waals surface area contributed by atoms with Crippen molar-refractivity contribution < 1.29 is 4.79 Å². The van der Waals surface area contributed by atoms with Gasteiger partial charge < -0.3 is 5.32 Å². The minimum atomic E-state index is -0.144. The van der Waals surface area contributed by atoms with Crippen LogP contribution in [0.1, 0.15) is 12.0 Å². The predicted octanol–water partition coefficient (Wildman–Crippen LogP) is 2.52. The number of amides is 1. The van der Waals surface area contributed by atoms with Crippen LogP contribution in [0.2, 0.25) is 0 Å². The lowest BCUT2D eigenvalue weighted by molar-refractivity contribution is -0.116. The molecule has 1 aromatic carbocycles. The van der Waals surface area contributed by atoms with E-state index in [9.17, 15) is 4.79 Å². The second-order valence-electron chi connectivity index (χ2n) is 3.34. The third-order valence-corrected chi connectivity index (χ3v) is 2.02. The zero-order valence-electron chi connectivity index (χ0n) is 9.41. The third-order valence-electron chi connectivity index (χ3n) is 2.02. The van der Waals surface area contributed by atoms with E-state index in [1.54, 1.807) is 6.08 Å². The Morgan fingerprint density at radius 1 is 1.41 bits per heavy atom. The van der Waals surface area contributed by atoms with Crippen LogP contribution in [0, 0.1) is 0 Å². The van der Waals surface area contributed by atoms with Crippen LogP contribution in [-0.2, 0) is 4.79 Å². The number of hydrogen-bond donors (Lipinski definition) is 1. The number of benzene rings is 1. The number of hydrogen-bond acceptors (Lipinski definition) is 2. The molecule has 17 heavy (non-hydrogen) atoms. The summed E-state index contributed by atoms with van der Waals surface area (Å²) < 4.78 is 0. The van der Waals surface area contributed by atoms with Crippen LogP contribution in [0.5, 0.6) is 0 Å². The Labute approximate surface area is 99.8 Å². The molecule has 0 aliphatic heterocycles. The van der Waals surface area contributed by atoms with E-state index in [0.29, 0.717) is 19.5 Å². The topological polar surface area (TPSA) is 77.9 Å². The molecule has 1 rings (SSSR count). The summed E-state index contributed by atoms with van der Waals surface area (Å²) in [6.07, 6.45) is 3.89. The molecule has 1 N–H and O–H groups in total. The van der Waals surface area contributed by atoms with Crippen molar-refractivity contribution in [3.63, 3.8) is 0 Å². The first kappa shape index (κ1) is 12.8. The molecule has 0 atom stereocenters.